The molecule has 0 unspecified atom stereocenters. The van der Waals surface area contributed by atoms with E-state index in [1.165, 1.54) is 17.9 Å². The number of ketones is 1. The second kappa shape index (κ2) is 4.78. The standard InChI is InChI=1S/C11H6BrClF2N2O/c1-17-10(6(12)4-16-17)11(18)5-2-9(15)7(13)3-8(5)14/h2-4H,1H3. The zero-order valence-electron chi connectivity index (χ0n) is 9.05. The molecule has 94 valence electrons. The summed E-state index contributed by atoms with van der Waals surface area (Å²) in [5, 5.41) is 3.47. The number of benzene rings is 1. The van der Waals surface area contributed by atoms with Crippen LogP contribution in [-0.4, -0.2) is 15.6 Å². The number of aryl methyl sites for hydroxylation is 1. The third-order valence-electron chi connectivity index (χ3n) is 2.36. The molecule has 0 radical (unpaired) electrons. The van der Waals surface area contributed by atoms with Gasteiger partial charge < -0.3 is 0 Å². The molecule has 18 heavy (non-hydrogen) atoms. The van der Waals surface area contributed by atoms with Crippen molar-refractivity contribution >= 4 is 33.3 Å². The van der Waals surface area contributed by atoms with Crippen molar-refractivity contribution in [2.75, 3.05) is 0 Å². The van der Waals surface area contributed by atoms with Crippen LogP contribution in [0.1, 0.15) is 16.1 Å². The molecular weight excluding hydrogens is 329 g/mol. The van der Waals surface area contributed by atoms with Crippen LogP contribution in [0.4, 0.5) is 8.78 Å². The number of carbonyl (C=O) groups is 1. The molecular formula is C11H6BrClF2N2O. The van der Waals surface area contributed by atoms with Crippen LogP contribution in [0.25, 0.3) is 0 Å². The van der Waals surface area contributed by atoms with Crippen molar-refractivity contribution in [1.29, 1.82) is 0 Å². The molecule has 2 rings (SSSR count). The smallest absolute Gasteiger partial charge is 0.215 e. The SMILES string of the molecule is Cn1ncc(Br)c1C(=O)c1cc(F)c(Cl)cc1F. The number of halogens is 4. The Labute approximate surface area is 114 Å². The van der Waals surface area contributed by atoms with Gasteiger partial charge in [-0.05, 0) is 28.1 Å². The lowest BCUT2D eigenvalue weighted by atomic mass is 10.1. The molecule has 0 spiro atoms. The molecule has 1 aromatic carbocycles. The van der Waals surface area contributed by atoms with Gasteiger partial charge in [-0.2, -0.15) is 5.10 Å². The summed E-state index contributed by atoms with van der Waals surface area (Å²) in [6, 6.07) is 1.55. The van der Waals surface area contributed by atoms with Crippen LogP contribution in [0.2, 0.25) is 5.02 Å². The van der Waals surface area contributed by atoms with E-state index < -0.39 is 17.4 Å². The number of carbonyl (C=O) groups excluding carboxylic acids is 1. The molecule has 0 bridgehead atoms. The van der Waals surface area contributed by atoms with E-state index in [9.17, 15) is 13.6 Å². The summed E-state index contributed by atoms with van der Waals surface area (Å²) >= 11 is 8.55. The van der Waals surface area contributed by atoms with Gasteiger partial charge >= 0.3 is 0 Å². The summed E-state index contributed by atoms with van der Waals surface area (Å²) in [6.07, 6.45) is 1.40. The van der Waals surface area contributed by atoms with Crippen molar-refractivity contribution in [3.05, 3.63) is 50.7 Å². The van der Waals surface area contributed by atoms with Crippen LogP contribution in [0, 0.1) is 11.6 Å². The number of rotatable bonds is 2. The largest absolute Gasteiger partial charge is 0.287 e. The highest BCUT2D eigenvalue weighted by atomic mass is 79.9. The molecule has 0 fully saturated rings. The summed E-state index contributed by atoms with van der Waals surface area (Å²) in [5.41, 5.74) is -0.253. The molecule has 0 aliphatic rings. The zero-order chi connectivity index (χ0) is 13.4. The van der Waals surface area contributed by atoms with Gasteiger partial charge in [-0.25, -0.2) is 8.78 Å². The Kier molecular flexibility index (Phi) is 3.49. The lowest BCUT2D eigenvalue weighted by molar-refractivity contribution is 0.102. The monoisotopic (exact) mass is 334 g/mol. The van der Waals surface area contributed by atoms with E-state index in [1.807, 2.05) is 0 Å². The van der Waals surface area contributed by atoms with Crippen molar-refractivity contribution in [3.63, 3.8) is 0 Å². The van der Waals surface area contributed by atoms with E-state index in [4.69, 9.17) is 11.6 Å². The Morgan fingerprint density at radius 1 is 1.39 bits per heavy atom. The minimum absolute atomic E-state index is 0.135. The maximum absolute atomic E-state index is 13.6. The summed E-state index contributed by atoms with van der Waals surface area (Å²) in [6.45, 7) is 0. The third kappa shape index (κ3) is 2.18. The van der Waals surface area contributed by atoms with Gasteiger partial charge in [0.2, 0.25) is 5.78 Å². The van der Waals surface area contributed by atoms with Crippen LogP contribution >= 0.6 is 27.5 Å². The molecule has 2 aromatic rings. The summed E-state index contributed by atoms with van der Waals surface area (Å²) in [7, 11) is 1.53. The van der Waals surface area contributed by atoms with Crippen LogP contribution in [0.5, 0.6) is 0 Å². The van der Waals surface area contributed by atoms with E-state index in [2.05, 4.69) is 21.0 Å². The Morgan fingerprint density at radius 2 is 2.06 bits per heavy atom. The fourth-order valence-corrected chi connectivity index (χ4v) is 2.17. The molecule has 0 amide bonds. The first-order valence-corrected chi connectivity index (χ1v) is 5.95. The summed E-state index contributed by atoms with van der Waals surface area (Å²) in [5.74, 6) is -2.39. The molecule has 7 heteroatoms. The molecule has 0 N–H and O–H groups in total. The Hall–Kier alpha value is -1.27. The average Bonchev–Trinajstić information content (AvgIpc) is 2.63. The zero-order valence-corrected chi connectivity index (χ0v) is 11.4. The molecule has 0 saturated heterocycles. The Bertz CT molecular complexity index is 623. The van der Waals surface area contributed by atoms with Crippen LogP contribution in [0.15, 0.2) is 22.8 Å². The molecule has 0 saturated carbocycles. The molecule has 1 aromatic heterocycles. The molecule has 0 aliphatic heterocycles. The molecule has 1 heterocycles. The quantitative estimate of drug-likeness (QED) is 0.623. The average molecular weight is 336 g/mol. The van der Waals surface area contributed by atoms with Crippen LogP contribution in [-0.2, 0) is 7.05 Å². The second-order valence-corrected chi connectivity index (χ2v) is 4.80. The van der Waals surface area contributed by atoms with Crippen molar-refractivity contribution in [3.8, 4) is 0 Å². The lowest BCUT2D eigenvalue weighted by Gasteiger charge is -2.05. The fourth-order valence-electron chi connectivity index (χ4n) is 1.49. The van der Waals surface area contributed by atoms with Gasteiger partial charge in [-0.15, -0.1) is 0 Å². The topological polar surface area (TPSA) is 34.9 Å². The maximum atomic E-state index is 13.6. The highest BCUT2D eigenvalue weighted by molar-refractivity contribution is 9.10. The highest BCUT2D eigenvalue weighted by Gasteiger charge is 2.22. The Balaban J connectivity index is 2.57. The van der Waals surface area contributed by atoms with E-state index in [0.29, 0.717) is 4.47 Å². The van der Waals surface area contributed by atoms with Gasteiger partial charge in [-0.3, -0.25) is 9.48 Å². The van der Waals surface area contributed by atoms with Crippen LogP contribution in [0.3, 0.4) is 0 Å². The summed E-state index contributed by atoms with van der Waals surface area (Å²) < 4.78 is 28.6. The first kappa shape index (κ1) is 13.2. The summed E-state index contributed by atoms with van der Waals surface area (Å²) in [4.78, 5) is 12.1. The molecule has 0 atom stereocenters. The first-order chi connectivity index (χ1) is 8.41. The predicted octanol–water partition coefficient (Wildman–Crippen LogP) is 3.35. The molecule has 0 aliphatic carbocycles. The maximum Gasteiger partial charge on any atom is 0.215 e. The van der Waals surface area contributed by atoms with Crippen molar-refractivity contribution in [2.24, 2.45) is 7.05 Å². The lowest BCUT2D eigenvalue weighted by Crippen LogP contribution is -2.11. The first-order valence-electron chi connectivity index (χ1n) is 4.78. The number of nitrogens with zero attached hydrogens (tertiary/aromatic N) is 2. The minimum atomic E-state index is -0.875. The second-order valence-electron chi connectivity index (χ2n) is 3.54. The van der Waals surface area contributed by atoms with Gasteiger partial charge in [0.05, 0.1) is 21.3 Å². The highest BCUT2D eigenvalue weighted by Crippen LogP contribution is 2.24. The van der Waals surface area contributed by atoms with Gasteiger partial charge in [0.25, 0.3) is 0 Å². The van der Waals surface area contributed by atoms with E-state index >= 15 is 0 Å². The number of hydrogen-bond donors (Lipinski definition) is 0. The van der Waals surface area contributed by atoms with E-state index in [1.54, 1.807) is 0 Å². The van der Waals surface area contributed by atoms with Crippen LogP contribution < -0.4 is 0 Å². The molecule has 3 nitrogen and oxygen atoms in total. The number of hydrogen-bond acceptors (Lipinski definition) is 2. The minimum Gasteiger partial charge on any atom is -0.287 e. The van der Waals surface area contributed by atoms with Gasteiger partial charge in [0.1, 0.15) is 17.3 Å². The van der Waals surface area contributed by atoms with E-state index in [0.717, 1.165) is 12.1 Å². The van der Waals surface area contributed by atoms with E-state index in [-0.39, 0.29) is 16.3 Å². The third-order valence-corrected chi connectivity index (χ3v) is 3.23. The fraction of sp³-hybridized carbons (Fsp3) is 0.0909. The van der Waals surface area contributed by atoms with Gasteiger partial charge in [-0.1, -0.05) is 11.6 Å². The number of aromatic nitrogens is 2. The van der Waals surface area contributed by atoms with Crippen molar-refractivity contribution in [1.82, 2.24) is 9.78 Å². The predicted molar refractivity (Wildman–Crippen MR) is 65.7 cm³/mol. The van der Waals surface area contributed by atoms with Gasteiger partial charge in [0, 0.05) is 7.05 Å². The van der Waals surface area contributed by atoms with Crippen molar-refractivity contribution in [2.45, 2.75) is 0 Å². The van der Waals surface area contributed by atoms with Gasteiger partial charge in [0.15, 0.2) is 0 Å². The normalized spacial score (nSPS) is 10.7. The van der Waals surface area contributed by atoms with Crippen molar-refractivity contribution < 1.29 is 13.6 Å². The Morgan fingerprint density at radius 3 is 2.61 bits per heavy atom.